The molecule has 28 heavy (non-hydrogen) atoms. The normalized spacial score (nSPS) is 10.9. The predicted molar refractivity (Wildman–Crippen MR) is 103 cm³/mol. The van der Waals surface area contributed by atoms with Crippen molar-refractivity contribution < 1.29 is 27.8 Å². The minimum Gasteiger partial charge on any atom is -0.493 e. The first-order valence-corrected chi connectivity index (χ1v) is 8.69. The molecule has 0 fully saturated rings. The molecule has 5 nitrogen and oxygen atoms in total. The van der Waals surface area contributed by atoms with Gasteiger partial charge in [-0.15, -0.1) is 0 Å². The lowest BCUT2D eigenvalue weighted by Crippen LogP contribution is -2.28. The van der Waals surface area contributed by atoms with Gasteiger partial charge < -0.3 is 19.1 Å². The van der Waals surface area contributed by atoms with E-state index in [0.717, 1.165) is 5.56 Å². The first-order valence-electron chi connectivity index (χ1n) is 8.69. The van der Waals surface area contributed by atoms with Gasteiger partial charge in [0.05, 0.1) is 14.2 Å². The van der Waals surface area contributed by atoms with Gasteiger partial charge in [0.2, 0.25) is 5.91 Å². The Labute approximate surface area is 163 Å². The topological polar surface area (TPSA) is 48.0 Å². The fourth-order valence-corrected chi connectivity index (χ4v) is 2.58. The van der Waals surface area contributed by atoms with Gasteiger partial charge in [0.25, 0.3) is 0 Å². The van der Waals surface area contributed by atoms with Crippen LogP contribution >= 0.6 is 0 Å². The molecule has 0 aliphatic rings. The fourth-order valence-electron chi connectivity index (χ4n) is 2.58. The number of nitrogens with zero attached hydrogens (tertiary/aromatic N) is 1. The van der Waals surface area contributed by atoms with Gasteiger partial charge in [0.1, 0.15) is 5.75 Å². The number of likely N-dealkylation sites (N-methyl/N-ethyl adjacent to an activating group) is 1. The monoisotopic (exact) mass is 391 g/mol. The van der Waals surface area contributed by atoms with Gasteiger partial charge in [-0.25, -0.2) is 0 Å². The molecule has 0 aromatic heterocycles. The maximum absolute atomic E-state index is 12.5. The Bertz CT molecular complexity index is 807. The van der Waals surface area contributed by atoms with Crippen molar-refractivity contribution >= 4 is 12.0 Å². The number of halogens is 2. The van der Waals surface area contributed by atoms with Crippen LogP contribution in [0.25, 0.3) is 6.08 Å². The largest absolute Gasteiger partial charge is 0.493 e. The smallest absolute Gasteiger partial charge is 0.387 e. The predicted octanol–water partition coefficient (Wildman–Crippen LogP) is 4.37. The molecular formula is C21H23F2NO4. The maximum Gasteiger partial charge on any atom is 0.387 e. The Kier molecular flexibility index (Phi) is 7.80. The molecule has 0 saturated carbocycles. The third-order valence-electron chi connectivity index (χ3n) is 4.04. The molecule has 2 aromatic rings. The van der Waals surface area contributed by atoms with Crippen LogP contribution in [-0.2, 0) is 11.3 Å². The summed E-state index contributed by atoms with van der Waals surface area (Å²) in [6.45, 7) is -0.0271. The molecule has 0 spiro atoms. The maximum atomic E-state index is 12.5. The quantitative estimate of drug-likeness (QED) is 0.596. The number of ether oxygens (including phenoxy) is 3. The van der Waals surface area contributed by atoms with Gasteiger partial charge in [-0.3, -0.25) is 4.79 Å². The number of hydrogen-bond donors (Lipinski definition) is 0. The Hall–Kier alpha value is -3.09. The number of carbonyl (C=O) groups is 1. The fraction of sp³-hybridized carbons (Fsp3) is 0.286. The molecule has 0 radical (unpaired) electrons. The second kappa shape index (κ2) is 10.3. The third-order valence-corrected chi connectivity index (χ3v) is 4.04. The van der Waals surface area contributed by atoms with E-state index in [2.05, 4.69) is 4.74 Å². The lowest BCUT2D eigenvalue weighted by molar-refractivity contribution is -0.126. The van der Waals surface area contributed by atoms with Gasteiger partial charge in [0.15, 0.2) is 11.5 Å². The van der Waals surface area contributed by atoms with Crippen LogP contribution in [0.5, 0.6) is 17.2 Å². The zero-order chi connectivity index (χ0) is 20.5. The van der Waals surface area contributed by atoms with Crippen LogP contribution in [0.4, 0.5) is 8.78 Å². The summed E-state index contributed by atoms with van der Waals surface area (Å²) in [5, 5.41) is 0. The SMILES string of the molecule is CCN(Cc1ccc(OC)c(OC)c1)C(=O)/C=C/c1ccc(OC(F)F)cc1. The summed E-state index contributed by atoms with van der Waals surface area (Å²) < 4.78 is 39.2. The molecule has 0 aliphatic carbocycles. The number of rotatable bonds is 9. The molecule has 0 N–H and O–H groups in total. The van der Waals surface area contributed by atoms with Gasteiger partial charge >= 0.3 is 6.61 Å². The van der Waals surface area contributed by atoms with Crippen LogP contribution in [-0.4, -0.2) is 38.2 Å². The van der Waals surface area contributed by atoms with E-state index in [1.165, 1.54) is 18.2 Å². The van der Waals surface area contributed by atoms with Crippen molar-refractivity contribution in [1.82, 2.24) is 4.90 Å². The van der Waals surface area contributed by atoms with Crippen LogP contribution in [0, 0.1) is 0 Å². The Balaban J connectivity index is 2.03. The summed E-state index contributed by atoms with van der Waals surface area (Å²) >= 11 is 0. The van der Waals surface area contributed by atoms with Crippen LogP contribution in [0.15, 0.2) is 48.5 Å². The number of alkyl halides is 2. The lowest BCUT2D eigenvalue weighted by atomic mass is 10.1. The first-order chi connectivity index (χ1) is 13.5. The zero-order valence-corrected chi connectivity index (χ0v) is 16.0. The second-order valence-electron chi connectivity index (χ2n) is 5.82. The molecule has 7 heteroatoms. The highest BCUT2D eigenvalue weighted by Gasteiger charge is 2.12. The van der Waals surface area contributed by atoms with Gasteiger partial charge in [-0.05, 0) is 48.4 Å². The molecule has 2 rings (SSSR count). The summed E-state index contributed by atoms with van der Waals surface area (Å²) in [5.41, 5.74) is 1.62. The Morgan fingerprint density at radius 2 is 1.75 bits per heavy atom. The standard InChI is InChI=1S/C21H23F2NO4/c1-4-24(14-16-7-11-18(26-2)19(13-16)27-3)20(25)12-8-15-5-9-17(10-6-15)28-21(22)23/h5-13,21H,4,14H2,1-3H3/b12-8+. The zero-order valence-electron chi connectivity index (χ0n) is 16.0. The molecule has 0 aliphatic heterocycles. The molecule has 2 aromatic carbocycles. The lowest BCUT2D eigenvalue weighted by Gasteiger charge is -2.20. The van der Waals surface area contributed by atoms with Gasteiger partial charge in [-0.2, -0.15) is 8.78 Å². The summed E-state index contributed by atoms with van der Waals surface area (Å²) in [7, 11) is 3.13. The van der Waals surface area contributed by atoms with E-state index in [1.807, 2.05) is 19.1 Å². The van der Waals surface area contributed by atoms with Crippen LogP contribution in [0.2, 0.25) is 0 Å². The van der Waals surface area contributed by atoms with E-state index < -0.39 is 6.61 Å². The molecule has 150 valence electrons. The molecule has 1 amide bonds. The minimum absolute atomic E-state index is 0.0714. The van der Waals surface area contributed by atoms with Crippen molar-refractivity contribution in [2.75, 3.05) is 20.8 Å². The van der Waals surface area contributed by atoms with E-state index >= 15 is 0 Å². The average molecular weight is 391 g/mol. The number of amides is 1. The van der Waals surface area contributed by atoms with E-state index in [1.54, 1.807) is 43.4 Å². The van der Waals surface area contributed by atoms with E-state index in [0.29, 0.717) is 30.2 Å². The van der Waals surface area contributed by atoms with Crippen LogP contribution in [0.3, 0.4) is 0 Å². The number of methoxy groups -OCH3 is 2. The molecule has 0 unspecified atom stereocenters. The van der Waals surface area contributed by atoms with Crippen molar-refractivity contribution in [2.24, 2.45) is 0 Å². The van der Waals surface area contributed by atoms with Crippen LogP contribution < -0.4 is 14.2 Å². The Morgan fingerprint density at radius 3 is 2.32 bits per heavy atom. The molecule has 0 atom stereocenters. The van der Waals surface area contributed by atoms with Crippen LogP contribution in [0.1, 0.15) is 18.1 Å². The summed E-state index contributed by atoms with van der Waals surface area (Å²) in [5.74, 6) is 1.14. The second-order valence-corrected chi connectivity index (χ2v) is 5.82. The highest BCUT2D eigenvalue weighted by atomic mass is 19.3. The van der Waals surface area contributed by atoms with Crippen molar-refractivity contribution in [3.05, 3.63) is 59.7 Å². The molecule has 0 saturated heterocycles. The summed E-state index contributed by atoms with van der Waals surface area (Å²) in [6.07, 6.45) is 3.08. The molecular weight excluding hydrogens is 368 g/mol. The van der Waals surface area contributed by atoms with Gasteiger partial charge in [-0.1, -0.05) is 18.2 Å². The first kappa shape index (κ1) is 21.2. The third kappa shape index (κ3) is 5.97. The number of hydrogen-bond acceptors (Lipinski definition) is 4. The van der Waals surface area contributed by atoms with Crippen molar-refractivity contribution in [2.45, 2.75) is 20.1 Å². The highest BCUT2D eigenvalue weighted by Crippen LogP contribution is 2.28. The van der Waals surface area contributed by atoms with E-state index in [-0.39, 0.29) is 11.7 Å². The van der Waals surface area contributed by atoms with Crippen molar-refractivity contribution in [3.63, 3.8) is 0 Å². The van der Waals surface area contributed by atoms with E-state index in [4.69, 9.17) is 9.47 Å². The van der Waals surface area contributed by atoms with Crippen molar-refractivity contribution in [1.29, 1.82) is 0 Å². The molecule has 0 heterocycles. The minimum atomic E-state index is -2.86. The highest BCUT2D eigenvalue weighted by molar-refractivity contribution is 5.91. The molecule has 0 bridgehead atoms. The van der Waals surface area contributed by atoms with E-state index in [9.17, 15) is 13.6 Å². The number of benzene rings is 2. The Morgan fingerprint density at radius 1 is 1.07 bits per heavy atom. The average Bonchev–Trinajstić information content (AvgIpc) is 2.70. The number of carbonyl (C=O) groups excluding carboxylic acids is 1. The van der Waals surface area contributed by atoms with Gasteiger partial charge in [0, 0.05) is 19.2 Å². The summed E-state index contributed by atoms with van der Waals surface area (Å²) in [6, 6.07) is 11.6. The summed E-state index contributed by atoms with van der Waals surface area (Å²) in [4.78, 5) is 14.2. The van der Waals surface area contributed by atoms with Crippen molar-refractivity contribution in [3.8, 4) is 17.2 Å².